The lowest BCUT2D eigenvalue weighted by molar-refractivity contribution is -0.143. The molecule has 0 aliphatic heterocycles. The number of nitrogens with zero attached hydrogens (tertiary/aromatic N) is 1. The van der Waals surface area contributed by atoms with Gasteiger partial charge in [0.05, 0.1) is 0 Å². The van der Waals surface area contributed by atoms with Gasteiger partial charge in [-0.1, -0.05) is 60.2 Å². The maximum Gasteiger partial charge on any atom is 0.261 e. The number of rotatable bonds is 9. The summed E-state index contributed by atoms with van der Waals surface area (Å²) in [5, 5.41) is 3.02. The molecule has 2 amide bonds. The van der Waals surface area contributed by atoms with Crippen LogP contribution in [0, 0.1) is 12.7 Å². The van der Waals surface area contributed by atoms with Gasteiger partial charge in [-0.05, 0) is 63.1 Å². The SMILES string of the molecule is Cc1ccc(OCC(=O)N(Cc2ccc(F)cc2)[C@H](Cc2ccccc2)C(=O)NC(C)(C)C)cc1. The largest absolute Gasteiger partial charge is 0.484 e. The number of hydrogen-bond acceptors (Lipinski definition) is 3. The molecule has 6 heteroatoms. The van der Waals surface area contributed by atoms with Crippen LogP contribution < -0.4 is 10.1 Å². The van der Waals surface area contributed by atoms with Gasteiger partial charge in [-0.2, -0.15) is 0 Å². The Morgan fingerprint density at radius 1 is 0.914 bits per heavy atom. The molecule has 35 heavy (non-hydrogen) atoms. The third kappa shape index (κ3) is 8.25. The van der Waals surface area contributed by atoms with Crippen molar-refractivity contribution in [3.05, 3.63) is 101 Å². The molecule has 0 aliphatic rings. The normalized spacial score (nSPS) is 12.0. The molecule has 0 saturated carbocycles. The average molecular weight is 477 g/mol. The van der Waals surface area contributed by atoms with Crippen LogP contribution in [0.25, 0.3) is 0 Å². The number of carbonyl (C=O) groups excluding carboxylic acids is 2. The van der Waals surface area contributed by atoms with Gasteiger partial charge in [0, 0.05) is 18.5 Å². The summed E-state index contributed by atoms with van der Waals surface area (Å²) in [6.07, 6.45) is 0.334. The van der Waals surface area contributed by atoms with Gasteiger partial charge in [0.2, 0.25) is 5.91 Å². The lowest BCUT2D eigenvalue weighted by atomic mass is 10.0. The standard InChI is InChI=1S/C29H33FN2O3/c1-21-10-16-25(17-11-21)35-20-27(33)32(19-23-12-14-24(30)15-13-23)26(28(34)31-29(2,3)4)18-22-8-6-5-7-9-22/h5-17,26H,18-20H2,1-4H3,(H,31,34)/t26-/m1/s1. The molecule has 0 saturated heterocycles. The predicted molar refractivity (Wildman–Crippen MR) is 135 cm³/mol. The molecule has 0 aromatic heterocycles. The van der Waals surface area contributed by atoms with E-state index in [1.165, 1.54) is 17.0 Å². The zero-order valence-electron chi connectivity index (χ0n) is 20.8. The number of hydrogen-bond donors (Lipinski definition) is 1. The van der Waals surface area contributed by atoms with Crippen molar-refractivity contribution in [1.29, 1.82) is 0 Å². The van der Waals surface area contributed by atoms with E-state index in [0.717, 1.165) is 16.7 Å². The molecule has 5 nitrogen and oxygen atoms in total. The van der Waals surface area contributed by atoms with E-state index in [0.29, 0.717) is 12.2 Å². The van der Waals surface area contributed by atoms with E-state index in [9.17, 15) is 14.0 Å². The zero-order chi connectivity index (χ0) is 25.4. The van der Waals surface area contributed by atoms with Crippen LogP contribution in [-0.4, -0.2) is 34.9 Å². The van der Waals surface area contributed by atoms with Crippen LogP contribution >= 0.6 is 0 Å². The minimum absolute atomic E-state index is 0.144. The van der Waals surface area contributed by atoms with E-state index >= 15 is 0 Å². The molecule has 0 fully saturated rings. The summed E-state index contributed by atoms with van der Waals surface area (Å²) in [4.78, 5) is 28.5. The molecule has 3 aromatic carbocycles. The summed E-state index contributed by atoms with van der Waals surface area (Å²) in [6, 6.07) is 22.2. The van der Waals surface area contributed by atoms with E-state index in [2.05, 4.69) is 5.32 Å². The number of aryl methyl sites for hydroxylation is 1. The second-order valence-corrected chi connectivity index (χ2v) is 9.69. The molecule has 0 bridgehead atoms. The van der Waals surface area contributed by atoms with Crippen molar-refractivity contribution in [2.75, 3.05) is 6.61 Å². The van der Waals surface area contributed by atoms with Crippen LogP contribution in [0.1, 0.15) is 37.5 Å². The first-order valence-corrected chi connectivity index (χ1v) is 11.7. The molecule has 184 valence electrons. The number of benzene rings is 3. The summed E-state index contributed by atoms with van der Waals surface area (Å²) in [5.41, 5.74) is 2.26. The van der Waals surface area contributed by atoms with Gasteiger partial charge < -0.3 is 15.0 Å². The summed E-state index contributed by atoms with van der Waals surface area (Å²) in [6.45, 7) is 7.59. The van der Waals surface area contributed by atoms with Crippen molar-refractivity contribution >= 4 is 11.8 Å². The first-order chi connectivity index (χ1) is 16.6. The van der Waals surface area contributed by atoms with E-state index in [4.69, 9.17) is 4.74 Å². The van der Waals surface area contributed by atoms with Gasteiger partial charge in [-0.3, -0.25) is 9.59 Å². The molecule has 3 rings (SSSR count). The van der Waals surface area contributed by atoms with Crippen molar-refractivity contribution in [2.45, 2.75) is 52.2 Å². The minimum Gasteiger partial charge on any atom is -0.484 e. The molecule has 0 spiro atoms. The third-order valence-electron chi connectivity index (χ3n) is 5.42. The van der Waals surface area contributed by atoms with Crippen LogP contribution in [0.4, 0.5) is 4.39 Å². The number of halogens is 1. The fourth-order valence-corrected chi connectivity index (χ4v) is 3.66. The Morgan fingerprint density at radius 2 is 1.54 bits per heavy atom. The highest BCUT2D eigenvalue weighted by Crippen LogP contribution is 2.18. The summed E-state index contributed by atoms with van der Waals surface area (Å²) < 4.78 is 19.3. The van der Waals surface area contributed by atoms with Crippen molar-refractivity contribution in [3.63, 3.8) is 0 Å². The molecular formula is C29H33FN2O3. The van der Waals surface area contributed by atoms with Crippen LogP contribution in [-0.2, 0) is 22.6 Å². The molecular weight excluding hydrogens is 443 g/mol. The molecule has 1 N–H and O–H groups in total. The van der Waals surface area contributed by atoms with Gasteiger partial charge >= 0.3 is 0 Å². The van der Waals surface area contributed by atoms with Crippen LogP contribution in [0.15, 0.2) is 78.9 Å². The minimum atomic E-state index is -0.782. The van der Waals surface area contributed by atoms with Crippen molar-refractivity contribution in [2.24, 2.45) is 0 Å². The van der Waals surface area contributed by atoms with Crippen LogP contribution in [0.5, 0.6) is 5.75 Å². The molecule has 0 aliphatic carbocycles. The maximum atomic E-state index is 13.5. The van der Waals surface area contributed by atoms with E-state index in [1.54, 1.807) is 24.3 Å². The first-order valence-electron chi connectivity index (χ1n) is 11.7. The Bertz CT molecular complexity index is 1110. The van der Waals surface area contributed by atoms with E-state index < -0.39 is 11.6 Å². The van der Waals surface area contributed by atoms with Crippen LogP contribution in [0.3, 0.4) is 0 Å². The van der Waals surface area contributed by atoms with Gasteiger partial charge in [0.15, 0.2) is 6.61 Å². The average Bonchev–Trinajstić information content (AvgIpc) is 2.81. The van der Waals surface area contributed by atoms with Crippen molar-refractivity contribution < 1.29 is 18.7 Å². The number of ether oxygens (including phenoxy) is 1. The second-order valence-electron chi connectivity index (χ2n) is 9.69. The molecule has 0 unspecified atom stereocenters. The highest BCUT2D eigenvalue weighted by molar-refractivity contribution is 5.89. The lowest BCUT2D eigenvalue weighted by Gasteiger charge is -2.33. The van der Waals surface area contributed by atoms with E-state index in [-0.39, 0.29) is 30.8 Å². The zero-order valence-corrected chi connectivity index (χ0v) is 20.8. The highest BCUT2D eigenvalue weighted by Gasteiger charge is 2.32. The molecule has 3 aromatic rings. The Morgan fingerprint density at radius 3 is 2.14 bits per heavy atom. The fourth-order valence-electron chi connectivity index (χ4n) is 3.66. The lowest BCUT2D eigenvalue weighted by Crippen LogP contribution is -2.55. The van der Waals surface area contributed by atoms with Gasteiger partial charge in [-0.15, -0.1) is 0 Å². The van der Waals surface area contributed by atoms with Crippen LogP contribution in [0.2, 0.25) is 0 Å². The second kappa shape index (κ2) is 11.6. The fraction of sp³-hybridized carbons (Fsp3) is 0.310. The predicted octanol–water partition coefficient (Wildman–Crippen LogP) is 5.07. The van der Waals surface area contributed by atoms with Gasteiger partial charge in [0.1, 0.15) is 17.6 Å². The Labute approximate surface area is 206 Å². The first kappa shape index (κ1) is 25.9. The van der Waals surface area contributed by atoms with Crippen molar-refractivity contribution in [1.82, 2.24) is 10.2 Å². The molecule has 1 atom stereocenters. The number of nitrogens with one attached hydrogen (secondary N) is 1. The summed E-state index contributed by atoms with van der Waals surface area (Å²) in [5.74, 6) is -0.378. The summed E-state index contributed by atoms with van der Waals surface area (Å²) >= 11 is 0. The number of carbonyl (C=O) groups is 2. The highest BCUT2D eigenvalue weighted by atomic mass is 19.1. The van der Waals surface area contributed by atoms with Crippen molar-refractivity contribution in [3.8, 4) is 5.75 Å². The monoisotopic (exact) mass is 476 g/mol. The smallest absolute Gasteiger partial charge is 0.261 e. The third-order valence-corrected chi connectivity index (χ3v) is 5.42. The number of amides is 2. The molecule has 0 radical (unpaired) electrons. The Balaban J connectivity index is 1.91. The molecule has 0 heterocycles. The quantitative estimate of drug-likeness (QED) is 0.469. The van der Waals surface area contributed by atoms with Gasteiger partial charge in [-0.25, -0.2) is 4.39 Å². The maximum absolute atomic E-state index is 13.5. The Kier molecular flexibility index (Phi) is 8.63. The van der Waals surface area contributed by atoms with Gasteiger partial charge in [0.25, 0.3) is 5.91 Å². The summed E-state index contributed by atoms with van der Waals surface area (Å²) in [7, 11) is 0. The Hall–Kier alpha value is -3.67. The van der Waals surface area contributed by atoms with E-state index in [1.807, 2.05) is 70.2 Å². The topological polar surface area (TPSA) is 58.6 Å².